The standard InChI is InChI=1S/C26H22N2O2S/c1-17-20(26(30)28-14-12-24-19(16-28)13-15-31-24)9-5-11-23(17)27-25(29)22-10-4-7-18-6-2-3-8-21(18)22/h2-11,13,15H,12,14,16H2,1H3,(H,27,29). The fourth-order valence-corrected chi connectivity index (χ4v) is 5.10. The van der Waals surface area contributed by atoms with Gasteiger partial charge >= 0.3 is 0 Å². The predicted molar refractivity (Wildman–Crippen MR) is 126 cm³/mol. The first-order chi connectivity index (χ1) is 15.1. The van der Waals surface area contributed by atoms with Gasteiger partial charge < -0.3 is 10.2 Å². The lowest BCUT2D eigenvalue weighted by molar-refractivity contribution is 0.0735. The van der Waals surface area contributed by atoms with Gasteiger partial charge in [0.05, 0.1) is 0 Å². The van der Waals surface area contributed by atoms with Gasteiger partial charge in [-0.1, -0.05) is 42.5 Å². The van der Waals surface area contributed by atoms with Crippen LogP contribution in [0.2, 0.25) is 0 Å². The highest BCUT2D eigenvalue weighted by Crippen LogP contribution is 2.28. The summed E-state index contributed by atoms with van der Waals surface area (Å²) in [5.74, 6) is -0.166. The number of rotatable bonds is 3. The number of nitrogens with one attached hydrogen (secondary N) is 1. The number of hydrogen-bond donors (Lipinski definition) is 1. The molecule has 1 aliphatic heterocycles. The largest absolute Gasteiger partial charge is 0.334 e. The van der Waals surface area contributed by atoms with Gasteiger partial charge in [-0.3, -0.25) is 9.59 Å². The molecule has 1 aliphatic rings. The van der Waals surface area contributed by atoms with E-state index in [1.165, 1.54) is 10.4 Å². The van der Waals surface area contributed by atoms with Crippen molar-refractivity contribution in [2.45, 2.75) is 19.9 Å². The molecule has 0 saturated carbocycles. The molecule has 154 valence electrons. The lowest BCUT2D eigenvalue weighted by Crippen LogP contribution is -2.35. The normalized spacial score (nSPS) is 13.1. The first kappa shape index (κ1) is 19.5. The van der Waals surface area contributed by atoms with Crippen molar-refractivity contribution >= 4 is 39.6 Å². The lowest BCUT2D eigenvalue weighted by atomic mass is 10.0. The summed E-state index contributed by atoms with van der Waals surface area (Å²) in [6.07, 6.45) is 0.898. The van der Waals surface area contributed by atoms with Crippen LogP contribution in [-0.2, 0) is 13.0 Å². The summed E-state index contributed by atoms with van der Waals surface area (Å²) in [6.45, 7) is 3.26. The smallest absolute Gasteiger partial charge is 0.256 e. The maximum atomic E-state index is 13.3. The number of carbonyl (C=O) groups is 2. The van der Waals surface area contributed by atoms with Gasteiger partial charge in [0.15, 0.2) is 0 Å². The van der Waals surface area contributed by atoms with Crippen LogP contribution >= 0.6 is 11.3 Å². The average molecular weight is 427 g/mol. The van der Waals surface area contributed by atoms with E-state index in [0.717, 1.165) is 29.3 Å². The first-order valence-electron chi connectivity index (χ1n) is 10.3. The summed E-state index contributed by atoms with van der Waals surface area (Å²) in [4.78, 5) is 29.6. The molecule has 1 N–H and O–H groups in total. The van der Waals surface area contributed by atoms with Crippen LogP contribution in [0.3, 0.4) is 0 Å². The summed E-state index contributed by atoms with van der Waals surface area (Å²) < 4.78 is 0. The number of amides is 2. The van der Waals surface area contributed by atoms with E-state index in [0.29, 0.717) is 23.4 Å². The van der Waals surface area contributed by atoms with Crippen LogP contribution in [0.1, 0.15) is 36.7 Å². The Balaban J connectivity index is 1.41. The Hall–Kier alpha value is -3.44. The number of fused-ring (bicyclic) bond motifs is 2. The molecule has 5 heteroatoms. The third-order valence-electron chi connectivity index (χ3n) is 5.94. The van der Waals surface area contributed by atoms with Crippen molar-refractivity contribution in [3.8, 4) is 0 Å². The monoisotopic (exact) mass is 426 g/mol. The molecule has 3 aromatic carbocycles. The maximum Gasteiger partial charge on any atom is 0.256 e. The van der Waals surface area contributed by atoms with Crippen molar-refractivity contribution in [2.24, 2.45) is 0 Å². The highest BCUT2D eigenvalue weighted by Gasteiger charge is 2.24. The maximum absolute atomic E-state index is 13.3. The topological polar surface area (TPSA) is 49.4 Å². The van der Waals surface area contributed by atoms with Gasteiger partial charge in [-0.15, -0.1) is 11.3 Å². The lowest BCUT2D eigenvalue weighted by Gasteiger charge is -2.28. The highest BCUT2D eigenvalue weighted by molar-refractivity contribution is 7.10. The van der Waals surface area contributed by atoms with Crippen molar-refractivity contribution in [1.82, 2.24) is 4.90 Å². The van der Waals surface area contributed by atoms with Crippen LogP contribution in [0.4, 0.5) is 5.69 Å². The Morgan fingerprint density at radius 1 is 0.935 bits per heavy atom. The van der Waals surface area contributed by atoms with Crippen LogP contribution in [0, 0.1) is 6.92 Å². The van der Waals surface area contributed by atoms with Gasteiger partial charge in [-0.25, -0.2) is 0 Å². The van der Waals surface area contributed by atoms with Gasteiger partial charge in [0.25, 0.3) is 11.8 Å². The third-order valence-corrected chi connectivity index (χ3v) is 6.96. The zero-order valence-electron chi connectivity index (χ0n) is 17.2. The first-order valence-corrected chi connectivity index (χ1v) is 11.2. The fourth-order valence-electron chi connectivity index (χ4n) is 4.21. The quantitative estimate of drug-likeness (QED) is 0.459. The second-order valence-electron chi connectivity index (χ2n) is 7.80. The number of benzene rings is 3. The molecule has 2 amide bonds. The molecule has 5 rings (SSSR count). The third kappa shape index (κ3) is 3.62. The summed E-state index contributed by atoms with van der Waals surface area (Å²) in [5, 5.41) is 7.04. The molecule has 1 aromatic heterocycles. The molecule has 2 heterocycles. The van der Waals surface area contributed by atoms with Gasteiger partial charge in [0, 0.05) is 34.8 Å². The Morgan fingerprint density at radius 3 is 2.61 bits per heavy atom. The number of carbonyl (C=O) groups excluding carboxylic acids is 2. The average Bonchev–Trinajstić information content (AvgIpc) is 3.27. The molecule has 0 saturated heterocycles. The molecule has 0 fully saturated rings. The molecular formula is C26H22N2O2S. The van der Waals surface area contributed by atoms with Crippen molar-refractivity contribution in [3.05, 3.63) is 99.2 Å². The van der Waals surface area contributed by atoms with E-state index in [1.54, 1.807) is 11.3 Å². The Kier molecular flexibility index (Phi) is 5.04. The zero-order chi connectivity index (χ0) is 21.4. The summed E-state index contributed by atoms with van der Waals surface area (Å²) in [6, 6.07) is 21.2. The van der Waals surface area contributed by atoms with Gasteiger partial charge in [0.2, 0.25) is 0 Å². The minimum absolute atomic E-state index is 0.00982. The van der Waals surface area contributed by atoms with E-state index in [1.807, 2.05) is 72.5 Å². The molecule has 0 bridgehead atoms. The van der Waals surface area contributed by atoms with Crippen LogP contribution in [-0.4, -0.2) is 23.3 Å². The van der Waals surface area contributed by atoms with E-state index in [4.69, 9.17) is 0 Å². The fraction of sp³-hybridized carbons (Fsp3) is 0.154. The number of anilines is 1. The van der Waals surface area contributed by atoms with Crippen LogP contribution in [0.15, 0.2) is 72.1 Å². The Labute approximate surface area is 185 Å². The van der Waals surface area contributed by atoms with E-state index in [-0.39, 0.29) is 11.8 Å². The van der Waals surface area contributed by atoms with E-state index >= 15 is 0 Å². The molecule has 0 spiro atoms. The highest BCUT2D eigenvalue weighted by atomic mass is 32.1. The van der Waals surface area contributed by atoms with Crippen LogP contribution in [0.5, 0.6) is 0 Å². The molecule has 0 atom stereocenters. The molecular weight excluding hydrogens is 404 g/mol. The van der Waals surface area contributed by atoms with Crippen LogP contribution in [0.25, 0.3) is 10.8 Å². The summed E-state index contributed by atoms with van der Waals surface area (Å²) in [5.41, 5.74) is 3.95. The van der Waals surface area contributed by atoms with E-state index in [9.17, 15) is 9.59 Å². The number of hydrogen-bond acceptors (Lipinski definition) is 3. The zero-order valence-corrected chi connectivity index (χ0v) is 18.0. The number of nitrogens with zero attached hydrogens (tertiary/aromatic N) is 1. The van der Waals surface area contributed by atoms with Gasteiger partial charge in [-0.05, 0) is 64.9 Å². The molecule has 4 nitrogen and oxygen atoms in total. The second-order valence-corrected chi connectivity index (χ2v) is 8.81. The van der Waals surface area contributed by atoms with Gasteiger partial charge in [-0.2, -0.15) is 0 Å². The minimum atomic E-state index is -0.176. The predicted octanol–water partition coefficient (Wildman–Crippen LogP) is 5.66. The van der Waals surface area contributed by atoms with Crippen molar-refractivity contribution in [1.29, 1.82) is 0 Å². The molecule has 0 unspecified atom stereocenters. The molecule has 31 heavy (non-hydrogen) atoms. The summed E-state index contributed by atoms with van der Waals surface area (Å²) >= 11 is 1.76. The second kappa shape index (κ2) is 8.00. The van der Waals surface area contributed by atoms with E-state index < -0.39 is 0 Å². The van der Waals surface area contributed by atoms with Crippen LogP contribution < -0.4 is 5.32 Å². The van der Waals surface area contributed by atoms with E-state index in [2.05, 4.69) is 16.8 Å². The van der Waals surface area contributed by atoms with Crippen molar-refractivity contribution in [2.75, 3.05) is 11.9 Å². The molecule has 0 aliphatic carbocycles. The van der Waals surface area contributed by atoms with Gasteiger partial charge in [0.1, 0.15) is 0 Å². The summed E-state index contributed by atoms with van der Waals surface area (Å²) in [7, 11) is 0. The minimum Gasteiger partial charge on any atom is -0.334 e. The Morgan fingerprint density at radius 2 is 1.71 bits per heavy atom. The molecule has 0 radical (unpaired) electrons. The van der Waals surface area contributed by atoms with Crippen molar-refractivity contribution < 1.29 is 9.59 Å². The van der Waals surface area contributed by atoms with Crippen molar-refractivity contribution in [3.63, 3.8) is 0 Å². The number of thiophene rings is 1. The Bertz CT molecular complexity index is 1300. The SMILES string of the molecule is Cc1c(NC(=O)c2cccc3ccccc23)cccc1C(=O)N1CCc2sccc2C1. The molecule has 4 aromatic rings.